The Morgan fingerprint density at radius 2 is 1.71 bits per heavy atom. The van der Waals surface area contributed by atoms with Gasteiger partial charge in [-0.05, 0) is 46.2 Å². The van der Waals surface area contributed by atoms with Gasteiger partial charge in [0.2, 0.25) is 5.95 Å². The summed E-state index contributed by atoms with van der Waals surface area (Å²) in [5.41, 5.74) is 0.251. The lowest BCUT2D eigenvalue weighted by atomic mass is 9.77. The average molecular weight is 237 g/mol. The van der Waals surface area contributed by atoms with Crippen molar-refractivity contribution < 1.29 is 13.7 Å². The lowest BCUT2D eigenvalue weighted by molar-refractivity contribution is 0.00578. The lowest BCUT2D eigenvalue weighted by Gasteiger charge is -2.32. The van der Waals surface area contributed by atoms with Crippen LogP contribution in [0.4, 0.5) is 4.39 Å². The van der Waals surface area contributed by atoms with Crippen LogP contribution in [0.15, 0.2) is 12.3 Å². The number of aryl methyl sites for hydroxylation is 1. The third kappa shape index (κ3) is 1.98. The van der Waals surface area contributed by atoms with Gasteiger partial charge in [0, 0.05) is 11.7 Å². The van der Waals surface area contributed by atoms with Crippen LogP contribution >= 0.6 is 0 Å². The van der Waals surface area contributed by atoms with Crippen LogP contribution in [0.3, 0.4) is 0 Å². The first-order valence-corrected chi connectivity index (χ1v) is 5.71. The fraction of sp³-hybridized carbons (Fsp3) is 0.583. The molecule has 1 saturated heterocycles. The number of aromatic nitrogens is 1. The van der Waals surface area contributed by atoms with Gasteiger partial charge in [0.05, 0.1) is 11.2 Å². The minimum Gasteiger partial charge on any atom is -0.399 e. The summed E-state index contributed by atoms with van der Waals surface area (Å²) >= 11 is 0. The number of nitrogens with zero attached hydrogens (tertiary/aromatic N) is 1. The van der Waals surface area contributed by atoms with Gasteiger partial charge in [-0.1, -0.05) is 0 Å². The number of halogens is 1. The summed E-state index contributed by atoms with van der Waals surface area (Å²) in [5.74, 6) is -0.525. The molecule has 2 heterocycles. The van der Waals surface area contributed by atoms with E-state index in [9.17, 15) is 4.39 Å². The minimum atomic E-state index is -0.686. The van der Waals surface area contributed by atoms with Crippen LogP contribution in [0.5, 0.6) is 0 Å². The van der Waals surface area contributed by atoms with Crippen LogP contribution in [-0.2, 0) is 9.31 Å². The predicted molar refractivity (Wildman–Crippen MR) is 64.6 cm³/mol. The largest absolute Gasteiger partial charge is 0.499 e. The van der Waals surface area contributed by atoms with Crippen molar-refractivity contribution in [3.8, 4) is 0 Å². The zero-order valence-corrected chi connectivity index (χ0v) is 10.9. The van der Waals surface area contributed by atoms with Gasteiger partial charge >= 0.3 is 7.12 Å². The number of hydrogen-bond acceptors (Lipinski definition) is 3. The molecule has 0 aliphatic carbocycles. The standard InChI is InChI=1S/C12H17BFNO2/c1-8-6-7-15-10(14)9(8)13-16-11(2,3)12(4,5)17-13/h6-7H,1-5H3. The van der Waals surface area contributed by atoms with Gasteiger partial charge < -0.3 is 9.31 Å². The molecule has 3 nitrogen and oxygen atoms in total. The van der Waals surface area contributed by atoms with E-state index in [4.69, 9.17) is 9.31 Å². The van der Waals surface area contributed by atoms with Gasteiger partial charge in [-0.25, -0.2) is 4.98 Å². The second-order valence-electron chi connectivity index (χ2n) is 5.42. The van der Waals surface area contributed by atoms with Gasteiger partial charge in [-0.15, -0.1) is 0 Å². The van der Waals surface area contributed by atoms with Crippen molar-refractivity contribution in [2.45, 2.75) is 45.8 Å². The van der Waals surface area contributed by atoms with Crippen molar-refractivity contribution in [1.82, 2.24) is 4.98 Å². The summed E-state index contributed by atoms with van der Waals surface area (Å²) in [5, 5.41) is 0. The molecule has 0 amide bonds. The smallest absolute Gasteiger partial charge is 0.399 e. The van der Waals surface area contributed by atoms with Crippen molar-refractivity contribution in [3.63, 3.8) is 0 Å². The molecule has 0 N–H and O–H groups in total. The molecule has 0 bridgehead atoms. The molecule has 0 unspecified atom stereocenters. The highest BCUT2D eigenvalue weighted by Crippen LogP contribution is 2.36. The first kappa shape index (κ1) is 12.5. The number of pyridine rings is 1. The fourth-order valence-corrected chi connectivity index (χ4v) is 1.78. The highest BCUT2D eigenvalue weighted by Gasteiger charge is 2.52. The van der Waals surface area contributed by atoms with Crippen LogP contribution < -0.4 is 5.46 Å². The molecule has 0 atom stereocenters. The van der Waals surface area contributed by atoms with Crippen LogP contribution in [0, 0.1) is 12.9 Å². The lowest BCUT2D eigenvalue weighted by Crippen LogP contribution is -2.41. The molecule has 0 radical (unpaired) electrons. The zero-order valence-electron chi connectivity index (χ0n) is 10.9. The van der Waals surface area contributed by atoms with E-state index in [0.717, 1.165) is 5.56 Å². The van der Waals surface area contributed by atoms with Crippen molar-refractivity contribution in [1.29, 1.82) is 0 Å². The fourth-order valence-electron chi connectivity index (χ4n) is 1.78. The summed E-state index contributed by atoms with van der Waals surface area (Å²) in [6.45, 7) is 9.59. The summed E-state index contributed by atoms with van der Waals surface area (Å²) in [6, 6.07) is 1.75. The molecular weight excluding hydrogens is 220 g/mol. The second-order valence-corrected chi connectivity index (χ2v) is 5.42. The van der Waals surface area contributed by atoms with Crippen LogP contribution in [0.25, 0.3) is 0 Å². The predicted octanol–water partition coefficient (Wildman–Crippen LogP) is 1.83. The average Bonchev–Trinajstić information content (AvgIpc) is 2.35. The van der Waals surface area contributed by atoms with Crippen molar-refractivity contribution in [3.05, 3.63) is 23.8 Å². The van der Waals surface area contributed by atoms with E-state index in [1.807, 2.05) is 34.6 Å². The van der Waals surface area contributed by atoms with Gasteiger partial charge in [-0.2, -0.15) is 4.39 Å². The van der Waals surface area contributed by atoms with Crippen molar-refractivity contribution in [2.24, 2.45) is 0 Å². The highest BCUT2D eigenvalue weighted by molar-refractivity contribution is 6.62. The first-order chi connectivity index (χ1) is 7.74. The van der Waals surface area contributed by atoms with E-state index in [2.05, 4.69) is 4.98 Å². The SMILES string of the molecule is Cc1ccnc(F)c1B1OC(C)(C)C(C)(C)O1. The van der Waals surface area contributed by atoms with Crippen LogP contribution in [0.1, 0.15) is 33.3 Å². The maximum Gasteiger partial charge on any atom is 0.499 e. The normalized spacial score (nSPS) is 21.9. The van der Waals surface area contributed by atoms with Gasteiger partial charge in [0.25, 0.3) is 0 Å². The molecule has 5 heteroatoms. The third-order valence-corrected chi connectivity index (χ3v) is 3.65. The summed E-state index contributed by atoms with van der Waals surface area (Å²) in [6.07, 6.45) is 1.44. The van der Waals surface area contributed by atoms with Crippen molar-refractivity contribution in [2.75, 3.05) is 0 Å². The molecule has 17 heavy (non-hydrogen) atoms. The third-order valence-electron chi connectivity index (χ3n) is 3.65. The Kier molecular flexibility index (Phi) is 2.79. The topological polar surface area (TPSA) is 31.4 Å². The van der Waals surface area contributed by atoms with E-state index in [1.54, 1.807) is 6.07 Å². The van der Waals surface area contributed by atoms with Crippen LogP contribution in [0.2, 0.25) is 0 Å². The molecule has 0 spiro atoms. The van der Waals surface area contributed by atoms with E-state index in [0.29, 0.717) is 5.46 Å². The Morgan fingerprint density at radius 3 is 2.18 bits per heavy atom. The summed E-state index contributed by atoms with van der Waals surface area (Å²) in [4.78, 5) is 3.65. The van der Waals surface area contributed by atoms with Gasteiger partial charge in [0.1, 0.15) is 0 Å². The van der Waals surface area contributed by atoms with E-state index >= 15 is 0 Å². The quantitative estimate of drug-likeness (QED) is 0.551. The highest BCUT2D eigenvalue weighted by atomic mass is 19.1. The van der Waals surface area contributed by atoms with Crippen LogP contribution in [-0.4, -0.2) is 23.3 Å². The number of rotatable bonds is 1. The molecular formula is C12H17BFNO2. The molecule has 1 aromatic rings. The Bertz CT molecular complexity index is 412. The maximum atomic E-state index is 13.7. The van der Waals surface area contributed by atoms with E-state index in [-0.39, 0.29) is 0 Å². The number of hydrogen-bond donors (Lipinski definition) is 0. The Hall–Kier alpha value is -0.935. The van der Waals surface area contributed by atoms with Gasteiger partial charge in [-0.3, -0.25) is 0 Å². The minimum absolute atomic E-state index is 0.395. The Balaban J connectivity index is 2.39. The second kappa shape index (κ2) is 3.78. The molecule has 1 fully saturated rings. The summed E-state index contributed by atoms with van der Waals surface area (Å²) in [7, 11) is -0.686. The monoisotopic (exact) mass is 237 g/mol. The van der Waals surface area contributed by atoms with Gasteiger partial charge in [0.15, 0.2) is 0 Å². The maximum absolute atomic E-state index is 13.7. The summed E-state index contributed by atoms with van der Waals surface area (Å²) < 4.78 is 25.4. The van der Waals surface area contributed by atoms with E-state index < -0.39 is 24.3 Å². The molecule has 92 valence electrons. The van der Waals surface area contributed by atoms with E-state index in [1.165, 1.54) is 6.20 Å². The Labute approximate surface area is 101 Å². The molecule has 1 aliphatic rings. The molecule has 1 aromatic heterocycles. The first-order valence-electron chi connectivity index (χ1n) is 5.71. The molecule has 0 saturated carbocycles. The molecule has 0 aromatic carbocycles. The molecule has 2 rings (SSSR count). The molecule has 1 aliphatic heterocycles. The zero-order chi connectivity index (χ0) is 12.8. The Morgan fingerprint density at radius 1 is 1.18 bits per heavy atom. The van der Waals surface area contributed by atoms with Crippen molar-refractivity contribution >= 4 is 12.6 Å².